The molecule has 14 heavy (non-hydrogen) atoms. The summed E-state index contributed by atoms with van der Waals surface area (Å²) in [6.45, 7) is 0. The molecule has 0 heterocycles. The van der Waals surface area contributed by atoms with Crippen LogP contribution in [0.3, 0.4) is 0 Å². The van der Waals surface area contributed by atoms with Crippen LogP contribution in [-0.4, -0.2) is 20.1 Å². The molecule has 2 heteroatoms. The van der Waals surface area contributed by atoms with E-state index in [1.54, 1.807) is 14.2 Å². The van der Waals surface area contributed by atoms with Crippen molar-refractivity contribution in [2.24, 2.45) is 10.9 Å². The van der Waals surface area contributed by atoms with Crippen molar-refractivity contribution < 1.29 is 4.74 Å². The minimum atomic E-state index is 0.507. The van der Waals surface area contributed by atoms with E-state index < -0.39 is 0 Å². The number of nitrogens with zero attached hydrogens (tertiary/aromatic N) is 1. The van der Waals surface area contributed by atoms with Gasteiger partial charge in [0.15, 0.2) is 5.90 Å². The molecule has 2 atom stereocenters. The lowest BCUT2D eigenvalue weighted by Crippen LogP contribution is -2.04. The number of aliphatic imine (C=N–C) groups is 1. The Morgan fingerprint density at radius 1 is 1.36 bits per heavy atom. The van der Waals surface area contributed by atoms with Crippen LogP contribution in [0.2, 0.25) is 0 Å². The highest BCUT2D eigenvalue weighted by Crippen LogP contribution is 2.48. The van der Waals surface area contributed by atoms with Gasteiger partial charge in [-0.3, -0.25) is 4.99 Å². The number of hydrogen-bond donors (Lipinski definition) is 0. The maximum absolute atomic E-state index is 5.23. The Morgan fingerprint density at radius 2 is 2.07 bits per heavy atom. The first kappa shape index (κ1) is 9.25. The van der Waals surface area contributed by atoms with E-state index in [-0.39, 0.29) is 0 Å². The lowest BCUT2D eigenvalue weighted by atomic mass is 10.1. The summed E-state index contributed by atoms with van der Waals surface area (Å²) >= 11 is 0. The minimum Gasteiger partial charge on any atom is -0.484 e. The lowest BCUT2D eigenvalue weighted by Gasteiger charge is -2.02. The normalized spacial score (nSPS) is 26.0. The number of hydrogen-bond acceptors (Lipinski definition) is 2. The monoisotopic (exact) mass is 189 g/mol. The van der Waals surface area contributed by atoms with Crippen molar-refractivity contribution in [3.05, 3.63) is 35.9 Å². The molecule has 0 bridgehead atoms. The number of rotatable bonds is 2. The molecule has 1 aromatic rings. The van der Waals surface area contributed by atoms with E-state index in [4.69, 9.17) is 4.74 Å². The van der Waals surface area contributed by atoms with Gasteiger partial charge in [0.05, 0.1) is 7.11 Å². The summed E-state index contributed by atoms with van der Waals surface area (Å²) in [4.78, 5) is 4.14. The zero-order valence-electron chi connectivity index (χ0n) is 8.60. The van der Waals surface area contributed by atoms with Crippen LogP contribution in [0.4, 0.5) is 0 Å². The Bertz CT molecular complexity index is 331. The molecule has 0 saturated heterocycles. The Morgan fingerprint density at radius 3 is 2.64 bits per heavy atom. The van der Waals surface area contributed by atoms with E-state index in [0.717, 1.165) is 5.90 Å². The zero-order valence-corrected chi connectivity index (χ0v) is 8.60. The Kier molecular flexibility index (Phi) is 2.53. The Hall–Kier alpha value is -1.31. The molecule has 0 aliphatic heterocycles. The lowest BCUT2D eigenvalue weighted by molar-refractivity contribution is 0.384. The fraction of sp³-hybridized carbons (Fsp3) is 0.417. The molecule has 0 radical (unpaired) electrons. The maximum atomic E-state index is 5.23. The first-order valence-electron chi connectivity index (χ1n) is 4.92. The fourth-order valence-electron chi connectivity index (χ4n) is 1.95. The largest absolute Gasteiger partial charge is 0.484 e. The van der Waals surface area contributed by atoms with Gasteiger partial charge < -0.3 is 4.74 Å². The van der Waals surface area contributed by atoms with Gasteiger partial charge in [-0.15, -0.1) is 0 Å². The quantitative estimate of drug-likeness (QED) is 0.517. The van der Waals surface area contributed by atoms with Crippen LogP contribution in [0.1, 0.15) is 17.9 Å². The predicted octanol–water partition coefficient (Wildman–Crippen LogP) is 2.46. The van der Waals surface area contributed by atoms with E-state index in [1.807, 2.05) is 6.07 Å². The van der Waals surface area contributed by atoms with Crippen molar-refractivity contribution in [2.75, 3.05) is 14.2 Å². The van der Waals surface area contributed by atoms with Crippen LogP contribution < -0.4 is 0 Å². The van der Waals surface area contributed by atoms with Gasteiger partial charge in [0.1, 0.15) is 0 Å². The van der Waals surface area contributed by atoms with Crippen molar-refractivity contribution in [2.45, 2.75) is 12.3 Å². The molecule has 0 aromatic heterocycles. The molecule has 1 saturated carbocycles. The van der Waals surface area contributed by atoms with Gasteiger partial charge in [-0.1, -0.05) is 30.3 Å². The van der Waals surface area contributed by atoms with Crippen LogP contribution >= 0.6 is 0 Å². The van der Waals surface area contributed by atoms with Crippen molar-refractivity contribution >= 4 is 5.90 Å². The van der Waals surface area contributed by atoms with E-state index in [9.17, 15) is 0 Å². The molecule has 2 nitrogen and oxygen atoms in total. The fourth-order valence-corrected chi connectivity index (χ4v) is 1.95. The number of ether oxygens (including phenoxy) is 1. The van der Waals surface area contributed by atoms with Gasteiger partial charge in [-0.25, -0.2) is 0 Å². The molecule has 0 amide bonds. The van der Waals surface area contributed by atoms with Gasteiger partial charge in [0.2, 0.25) is 0 Å². The van der Waals surface area contributed by atoms with Gasteiger partial charge in [0, 0.05) is 13.0 Å². The smallest absolute Gasteiger partial charge is 0.186 e. The minimum absolute atomic E-state index is 0.507. The molecule has 0 unspecified atom stereocenters. The van der Waals surface area contributed by atoms with Crippen LogP contribution in [0.25, 0.3) is 0 Å². The van der Waals surface area contributed by atoms with Crippen LogP contribution in [0.5, 0.6) is 0 Å². The van der Waals surface area contributed by atoms with Gasteiger partial charge in [-0.2, -0.15) is 0 Å². The molecule has 1 aliphatic carbocycles. The number of methoxy groups -OCH3 is 1. The van der Waals surface area contributed by atoms with Crippen LogP contribution in [0, 0.1) is 5.92 Å². The molecule has 0 N–H and O–H groups in total. The van der Waals surface area contributed by atoms with Crippen molar-refractivity contribution in [3.63, 3.8) is 0 Å². The first-order valence-corrected chi connectivity index (χ1v) is 4.92. The second-order valence-corrected chi connectivity index (χ2v) is 3.63. The average Bonchev–Trinajstić information content (AvgIpc) is 3.01. The first-order chi connectivity index (χ1) is 6.86. The highest BCUT2D eigenvalue weighted by Gasteiger charge is 2.42. The summed E-state index contributed by atoms with van der Waals surface area (Å²) in [5.74, 6) is 2.01. The van der Waals surface area contributed by atoms with Crippen molar-refractivity contribution in [3.8, 4) is 0 Å². The Balaban J connectivity index is 2.06. The second kappa shape index (κ2) is 3.82. The topological polar surface area (TPSA) is 21.6 Å². The third-order valence-corrected chi connectivity index (χ3v) is 2.76. The molecule has 74 valence electrons. The summed E-state index contributed by atoms with van der Waals surface area (Å²) in [7, 11) is 3.49. The maximum Gasteiger partial charge on any atom is 0.186 e. The zero-order chi connectivity index (χ0) is 9.97. The van der Waals surface area contributed by atoms with E-state index in [1.165, 1.54) is 12.0 Å². The molecule has 0 spiro atoms. The third kappa shape index (κ3) is 1.65. The molecular weight excluding hydrogens is 174 g/mol. The molecule has 1 aromatic carbocycles. The van der Waals surface area contributed by atoms with Gasteiger partial charge >= 0.3 is 0 Å². The van der Waals surface area contributed by atoms with Crippen LogP contribution in [-0.2, 0) is 4.74 Å². The van der Waals surface area contributed by atoms with E-state index in [0.29, 0.717) is 11.8 Å². The van der Waals surface area contributed by atoms with Crippen molar-refractivity contribution in [1.82, 2.24) is 0 Å². The summed E-state index contributed by atoms with van der Waals surface area (Å²) in [5, 5.41) is 0. The molecule has 1 fully saturated rings. The van der Waals surface area contributed by atoms with Crippen molar-refractivity contribution in [1.29, 1.82) is 0 Å². The second-order valence-electron chi connectivity index (χ2n) is 3.63. The SMILES string of the molecule is CN=C(OC)[C@H]1C[C@H]1c1ccccc1. The van der Waals surface area contributed by atoms with E-state index in [2.05, 4.69) is 29.3 Å². The average molecular weight is 189 g/mol. The molecule has 1 aliphatic rings. The summed E-state index contributed by atoms with van der Waals surface area (Å²) in [6.07, 6.45) is 1.17. The Labute approximate surface area is 84.6 Å². The summed E-state index contributed by atoms with van der Waals surface area (Å²) < 4.78 is 5.23. The van der Waals surface area contributed by atoms with Gasteiger partial charge in [-0.05, 0) is 17.9 Å². The standard InChI is InChI=1S/C12H15NO/c1-13-12(14-2)11-8-10(11)9-6-4-3-5-7-9/h3-7,10-11H,8H2,1-2H3/t10-,11-/m0/s1. The highest BCUT2D eigenvalue weighted by molar-refractivity contribution is 5.82. The van der Waals surface area contributed by atoms with Crippen LogP contribution in [0.15, 0.2) is 35.3 Å². The summed E-state index contributed by atoms with van der Waals surface area (Å²) in [6, 6.07) is 10.6. The summed E-state index contributed by atoms with van der Waals surface area (Å²) in [5.41, 5.74) is 1.40. The van der Waals surface area contributed by atoms with Gasteiger partial charge in [0.25, 0.3) is 0 Å². The third-order valence-electron chi connectivity index (χ3n) is 2.76. The predicted molar refractivity (Wildman–Crippen MR) is 57.7 cm³/mol. The number of benzene rings is 1. The molecular formula is C12H15NO. The van der Waals surface area contributed by atoms with E-state index >= 15 is 0 Å². The highest BCUT2D eigenvalue weighted by atomic mass is 16.5. The molecule has 2 rings (SSSR count).